The van der Waals surface area contributed by atoms with Crippen LogP contribution in [0.4, 0.5) is 5.69 Å². The van der Waals surface area contributed by atoms with Crippen LogP contribution in [0.5, 0.6) is 0 Å². The molecule has 26 heavy (non-hydrogen) atoms. The van der Waals surface area contributed by atoms with Gasteiger partial charge in [-0.2, -0.15) is 0 Å². The number of halogens is 1. The number of nitro groups is 1. The Bertz CT molecular complexity index is 1030. The van der Waals surface area contributed by atoms with Crippen molar-refractivity contribution in [1.82, 2.24) is 0 Å². The average molecular weight is 408 g/mol. The number of thiophene rings is 1. The minimum absolute atomic E-state index is 0.0502. The number of nitro benzene ring substituents is 1. The standard InChI is InChI=1S/C18H14ClNO4S2/c19-14-3-1-13(2-4-14)18-10-7-16(25-18)11-12-26(23,24)17-8-5-15(6-9-17)20(21)22/h1-10H,11-12H2. The molecule has 8 heteroatoms. The van der Waals surface area contributed by atoms with Crippen molar-refractivity contribution in [3.8, 4) is 10.4 Å². The summed E-state index contributed by atoms with van der Waals surface area (Å²) in [5.41, 5.74) is 0.902. The fourth-order valence-electron chi connectivity index (χ4n) is 2.41. The maximum absolute atomic E-state index is 12.4. The van der Waals surface area contributed by atoms with Gasteiger partial charge < -0.3 is 0 Å². The van der Waals surface area contributed by atoms with Crippen molar-refractivity contribution in [3.63, 3.8) is 0 Å². The van der Waals surface area contributed by atoms with Gasteiger partial charge in [-0.25, -0.2) is 8.42 Å². The Kier molecular flexibility index (Phi) is 5.41. The van der Waals surface area contributed by atoms with Crippen molar-refractivity contribution in [2.75, 3.05) is 5.75 Å². The molecule has 0 unspecified atom stereocenters. The third kappa shape index (κ3) is 4.30. The Morgan fingerprint density at radius 1 is 0.962 bits per heavy atom. The van der Waals surface area contributed by atoms with Crippen LogP contribution in [0.2, 0.25) is 5.02 Å². The molecule has 0 aliphatic rings. The van der Waals surface area contributed by atoms with Gasteiger partial charge in [0.2, 0.25) is 0 Å². The van der Waals surface area contributed by atoms with E-state index in [2.05, 4.69) is 0 Å². The SMILES string of the molecule is O=[N+]([O-])c1ccc(S(=O)(=O)CCc2ccc(-c3ccc(Cl)cc3)s2)cc1. The molecule has 0 saturated carbocycles. The second-order valence-corrected chi connectivity index (χ2v) is 9.31. The first-order valence-corrected chi connectivity index (χ1v) is 10.5. The van der Waals surface area contributed by atoms with E-state index < -0.39 is 14.8 Å². The number of hydrogen-bond donors (Lipinski definition) is 0. The molecule has 0 spiro atoms. The molecule has 3 aromatic rings. The lowest BCUT2D eigenvalue weighted by atomic mass is 10.2. The Morgan fingerprint density at radius 3 is 2.23 bits per heavy atom. The molecule has 0 N–H and O–H groups in total. The molecule has 1 aromatic heterocycles. The maximum atomic E-state index is 12.4. The minimum atomic E-state index is -3.50. The average Bonchev–Trinajstić information content (AvgIpc) is 3.10. The highest BCUT2D eigenvalue weighted by Crippen LogP contribution is 2.29. The van der Waals surface area contributed by atoms with Gasteiger partial charge in [0.15, 0.2) is 9.84 Å². The summed E-state index contributed by atoms with van der Waals surface area (Å²) in [6.45, 7) is 0. The molecule has 0 amide bonds. The van der Waals surface area contributed by atoms with E-state index in [-0.39, 0.29) is 16.3 Å². The zero-order valence-electron chi connectivity index (χ0n) is 13.5. The topological polar surface area (TPSA) is 77.3 Å². The van der Waals surface area contributed by atoms with Gasteiger partial charge in [-0.3, -0.25) is 10.1 Å². The number of sulfone groups is 1. The molecule has 0 aliphatic heterocycles. The Morgan fingerprint density at radius 2 is 1.62 bits per heavy atom. The smallest absolute Gasteiger partial charge is 0.258 e. The van der Waals surface area contributed by atoms with Gasteiger partial charge in [-0.05, 0) is 48.4 Å². The van der Waals surface area contributed by atoms with Gasteiger partial charge in [0.05, 0.1) is 15.6 Å². The fourth-order valence-corrected chi connectivity index (χ4v) is 4.95. The first-order valence-electron chi connectivity index (χ1n) is 7.67. The summed E-state index contributed by atoms with van der Waals surface area (Å²) in [6, 6.07) is 16.3. The Labute approximate surface area is 159 Å². The predicted octanol–water partition coefficient (Wildman–Crippen LogP) is 4.99. The van der Waals surface area contributed by atoms with Crippen molar-refractivity contribution in [2.45, 2.75) is 11.3 Å². The van der Waals surface area contributed by atoms with Crippen LogP contribution in [0.1, 0.15) is 4.88 Å². The quantitative estimate of drug-likeness (QED) is 0.426. The highest BCUT2D eigenvalue weighted by molar-refractivity contribution is 7.91. The maximum Gasteiger partial charge on any atom is 0.269 e. The molecule has 1 heterocycles. The summed E-state index contributed by atoms with van der Waals surface area (Å²) >= 11 is 7.43. The molecular formula is C18H14ClNO4S2. The van der Waals surface area contributed by atoms with Gasteiger partial charge in [0.1, 0.15) is 0 Å². The normalized spacial score (nSPS) is 11.4. The van der Waals surface area contributed by atoms with Crippen molar-refractivity contribution in [2.24, 2.45) is 0 Å². The number of hydrogen-bond acceptors (Lipinski definition) is 5. The zero-order valence-corrected chi connectivity index (χ0v) is 15.9. The predicted molar refractivity (Wildman–Crippen MR) is 104 cm³/mol. The van der Waals surface area contributed by atoms with Gasteiger partial charge in [0.25, 0.3) is 5.69 Å². The van der Waals surface area contributed by atoms with Crippen LogP contribution in [-0.4, -0.2) is 19.1 Å². The van der Waals surface area contributed by atoms with Crippen LogP contribution in [-0.2, 0) is 16.3 Å². The van der Waals surface area contributed by atoms with Crippen LogP contribution < -0.4 is 0 Å². The largest absolute Gasteiger partial charge is 0.269 e. The van der Waals surface area contributed by atoms with Gasteiger partial charge in [-0.1, -0.05) is 23.7 Å². The first-order chi connectivity index (χ1) is 12.3. The summed E-state index contributed by atoms with van der Waals surface area (Å²) in [6.07, 6.45) is 0.386. The monoisotopic (exact) mass is 407 g/mol. The summed E-state index contributed by atoms with van der Waals surface area (Å²) in [5.74, 6) is -0.0502. The molecule has 0 atom stereocenters. The molecule has 5 nitrogen and oxygen atoms in total. The molecule has 2 aromatic carbocycles. The van der Waals surface area contributed by atoms with E-state index in [0.29, 0.717) is 11.4 Å². The molecule has 0 radical (unpaired) electrons. The highest BCUT2D eigenvalue weighted by atomic mass is 35.5. The number of non-ortho nitro benzene ring substituents is 1. The molecule has 0 saturated heterocycles. The highest BCUT2D eigenvalue weighted by Gasteiger charge is 2.17. The number of nitrogens with zero attached hydrogens (tertiary/aromatic N) is 1. The fraction of sp³-hybridized carbons (Fsp3) is 0.111. The Hall–Kier alpha value is -2.22. The number of rotatable bonds is 6. The lowest BCUT2D eigenvalue weighted by Gasteiger charge is -2.03. The molecule has 0 bridgehead atoms. The third-order valence-corrected chi connectivity index (χ3v) is 6.99. The molecule has 0 aliphatic carbocycles. The van der Waals surface area contributed by atoms with Gasteiger partial charge in [-0.15, -0.1) is 11.3 Å². The number of benzene rings is 2. The molecular weight excluding hydrogens is 394 g/mol. The van der Waals surface area contributed by atoms with E-state index in [1.807, 2.05) is 36.4 Å². The van der Waals surface area contributed by atoms with E-state index in [9.17, 15) is 18.5 Å². The van der Waals surface area contributed by atoms with E-state index >= 15 is 0 Å². The molecule has 134 valence electrons. The van der Waals surface area contributed by atoms with Crippen LogP contribution in [0.3, 0.4) is 0 Å². The van der Waals surface area contributed by atoms with Crippen LogP contribution in [0.25, 0.3) is 10.4 Å². The van der Waals surface area contributed by atoms with E-state index in [0.717, 1.165) is 15.3 Å². The van der Waals surface area contributed by atoms with E-state index in [4.69, 9.17) is 11.6 Å². The summed E-state index contributed by atoms with van der Waals surface area (Å²) in [7, 11) is -3.50. The lowest BCUT2D eigenvalue weighted by Crippen LogP contribution is -2.08. The zero-order chi connectivity index (χ0) is 18.7. The van der Waals surface area contributed by atoms with Gasteiger partial charge in [0, 0.05) is 26.9 Å². The van der Waals surface area contributed by atoms with Crippen molar-refractivity contribution < 1.29 is 13.3 Å². The second-order valence-electron chi connectivity index (χ2n) is 5.59. The number of aryl methyl sites for hydroxylation is 1. The summed E-state index contributed by atoms with van der Waals surface area (Å²) in [5, 5.41) is 11.3. The lowest BCUT2D eigenvalue weighted by molar-refractivity contribution is -0.384. The summed E-state index contributed by atoms with van der Waals surface area (Å²) < 4.78 is 24.8. The van der Waals surface area contributed by atoms with Crippen LogP contribution in [0.15, 0.2) is 65.6 Å². The molecule has 0 fully saturated rings. The summed E-state index contributed by atoms with van der Waals surface area (Å²) in [4.78, 5) is 12.2. The first kappa shape index (κ1) is 18.6. The van der Waals surface area contributed by atoms with E-state index in [1.165, 1.54) is 35.6 Å². The van der Waals surface area contributed by atoms with Crippen molar-refractivity contribution in [1.29, 1.82) is 0 Å². The minimum Gasteiger partial charge on any atom is -0.258 e. The van der Waals surface area contributed by atoms with Crippen LogP contribution in [0, 0.1) is 10.1 Å². The van der Waals surface area contributed by atoms with Crippen molar-refractivity contribution in [3.05, 3.63) is 80.7 Å². The van der Waals surface area contributed by atoms with E-state index in [1.54, 1.807) is 0 Å². The Balaban J connectivity index is 1.70. The third-order valence-electron chi connectivity index (χ3n) is 3.81. The molecule has 3 rings (SSSR count). The van der Waals surface area contributed by atoms with Crippen molar-refractivity contribution >= 4 is 38.5 Å². The van der Waals surface area contributed by atoms with Crippen LogP contribution >= 0.6 is 22.9 Å². The second kappa shape index (κ2) is 7.57. The van der Waals surface area contributed by atoms with Gasteiger partial charge >= 0.3 is 0 Å².